The smallest absolute Gasteiger partial charge is 0.251 e. The molecule has 0 fully saturated rings. The molecular weight excluding hydrogens is 434 g/mol. The van der Waals surface area contributed by atoms with E-state index in [-0.39, 0.29) is 16.6 Å². The van der Waals surface area contributed by atoms with Gasteiger partial charge in [-0.1, -0.05) is 55.5 Å². The summed E-state index contributed by atoms with van der Waals surface area (Å²) in [5, 5.41) is 7.18. The Hall–Kier alpha value is -3.71. The highest BCUT2D eigenvalue weighted by Gasteiger charge is 2.13. The topological polar surface area (TPSA) is 81.1 Å². The Labute approximate surface area is 193 Å². The molecule has 0 saturated heterocycles. The highest BCUT2D eigenvalue weighted by Crippen LogP contribution is 2.24. The van der Waals surface area contributed by atoms with Crippen LogP contribution >= 0.6 is 0 Å². The quantitative estimate of drug-likeness (QED) is 0.425. The second-order valence-corrected chi connectivity index (χ2v) is 9.95. The Morgan fingerprint density at radius 1 is 0.939 bits per heavy atom. The van der Waals surface area contributed by atoms with E-state index in [1.807, 2.05) is 41.2 Å². The van der Waals surface area contributed by atoms with Gasteiger partial charge >= 0.3 is 0 Å². The van der Waals surface area contributed by atoms with Crippen molar-refractivity contribution in [2.75, 3.05) is 5.75 Å². The normalized spacial score (nSPS) is 11.3. The summed E-state index contributed by atoms with van der Waals surface area (Å²) in [6.45, 7) is 2.67. The zero-order valence-corrected chi connectivity index (χ0v) is 19.1. The summed E-state index contributed by atoms with van der Waals surface area (Å²) in [6, 6.07) is 24.2. The summed E-state index contributed by atoms with van der Waals surface area (Å²) in [5.74, 6) is -0.223. The highest BCUT2D eigenvalue weighted by atomic mass is 32.2. The lowest BCUT2D eigenvalue weighted by Crippen LogP contribution is -2.23. The SMILES string of the molecule is CCS(=O)(=O)c1ccc(C(=O)NCc2ccccc2-c2ccc(Cn3cccn3)cc2)cc1. The molecule has 0 spiro atoms. The van der Waals surface area contributed by atoms with Crippen molar-refractivity contribution in [3.8, 4) is 11.1 Å². The molecule has 0 unspecified atom stereocenters. The molecule has 0 aliphatic heterocycles. The maximum Gasteiger partial charge on any atom is 0.251 e. The van der Waals surface area contributed by atoms with Crippen molar-refractivity contribution in [3.63, 3.8) is 0 Å². The minimum atomic E-state index is -3.29. The maximum atomic E-state index is 12.6. The molecule has 1 N–H and O–H groups in total. The molecule has 168 valence electrons. The Morgan fingerprint density at radius 3 is 2.33 bits per heavy atom. The van der Waals surface area contributed by atoms with Crippen LogP contribution in [0.15, 0.2) is 96.2 Å². The molecule has 4 rings (SSSR count). The summed E-state index contributed by atoms with van der Waals surface area (Å²) in [5.41, 5.74) is 4.69. The first-order chi connectivity index (χ1) is 16.0. The summed E-state index contributed by atoms with van der Waals surface area (Å²) >= 11 is 0. The number of carbonyl (C=O) groups is 1. The van der Waals surface area contributed by atoms with Crippen LogP contribution in [0, 0.1) is 0 Å². The Bertz CT molecular complexity index is 1330. The summed E-state index contributed by atoms with van der Waals surface area (Å²) in [6.07, 6.45) is 3.70. The van der Waals surface area contributed by atoms with E-state index in [2.05, 4.69) is 34.7 Å². The molecule has 0 atom stereocenters. The van der Waals surface area contributed by atoms with Crippen molar-refractivity contribution >= 4 is 15.7 Å². The lowest BCUT2D eigenvalue weighted by Gasteiger charge is -2.12. The van der Waals surface area contributed by atoms with E-state index in [1.165, 1.54) is 12.1 Å². The molecule has 3 aromatic carbocycles. The van der Waals surface area contributed by atoms with Crippen molar-refractivity contribution in [2.24, 2.45) is 0 Å². The predicted octanol–water partition coefficient (Wildman–Crippen LogP) is 4.32. The van der Waals surface area contributed by atoms with Crippen molar-refractivity contribution in [1.82, 2.24) is 15.1 Å². The molecule has 0 aliphatic rings. The van der Waals surface area contributed by atoms with Gasteiger partial charge in [-0.2, -0.15) is 5.10 Å². The van der Waals surface area contributed by atoms with Crippen LogP contribution in [-0.4, -0.2) is 29.9 Å². The predicted molar refractivity (Wildman–Crippen MR) is 129 cm³/mol. The van der Waals surface area contributed by atoms with Gasteiger partial charge in [0.1, 0.15) is 0 Å². The van der Waals surface area contributed by atoms with Gasteiger partial charge in [0, 0.05) is 24.5 Å². The van der Waals surface area contributed by atoms with Gasteiger partial charge in [0.15, 0.2) is 9.84 Å². The molecule has 0 aliphatic carbocycles. The molecule has 33 heavy (non-hydrogen) atoms. The van der Waals surface area contributed by atoms with Gasteiger partial charge in [-0.05, 0) is 52.6 Å². The van der Waals surface area contributed by atoms with Gasteiger partial charge in [-0.25, -0.2) is 8.42 Å². The molecule has 1 amide bonds. The number of nitrogens with zero attached hydrogens (tertiary/aromatic N) is 2. The van der Waals surface area contributed by atoms with Crippen LogP contribution < -0.4 is 5.32 Å². The number of sulfone groups is 1. The average Bonchev–Trinajstić information content (AvgIpc) is 3.36. The molecule has 0 bridgehead atoms. The Balaban J connectivity index is 1.45. The van der Waals surface area contributed by atoms with Crippen molar-refractivity contribution in [3.05, 3.63) is 108 Å². The number of benzene rings is 3. The number of hydrogen-bond acceptors (Lipinski definition) is 4. The van der Waals surface area contributed by atoms with Crippen LogP contribution in [-0.2, 0) is 22.9 Å². The molecule has 0 saturated carbocycles. The van der Waals surface area contributed by atoms with Gasteiger partial charge in [0.2, 0.25) is 0 Å². The first kappa shape index (κ1) is 22.5. The van der Waals surface area contributed by atoms with E-state index in [0.717, 1.165) is 22.3 Å². The number of aromatic nitrogens is 2. The molecule has 6 nitrogen and oxygen atoms in total. The van der Waals surface area contributed by atoms with E-state index in [1.54, 1.807) is 25.3 Å². The Kier molecular flexibility index (Phi) is 6.70. The lowest BCUT2D eigenvalue weighted by atomic mass is 9.98. The monoisotopic (exact) mass is 459 g/mol. The average molecular weight is 460 g/mol. The van der Waals surface area contributed by atoms with E-state index < -0.39 is 9.84 Å². The van der Waals surface area contributed by atoms with Crippen molar-refractivity contribution in [1.29, 1.82) is 0 Å². The fourth-order valence-corrected chi connectivity index (χ4v) is 4.47. The van der Waals surface area contributed by atoms with Gasteiger partial charge in [0.05, 0.1) is 17.2 Å². The number of nitrogens with one attached hydrogen (secondary N) is 1. The molecule has 1 aromatic heterocycles. The maximum absolute atomic E-state index is 12.6. The Morgan fingerprint density at radius 2 is 1.67 bits per heavy atom. The van der Waals surface area contributed by atoms with E-state index >= 15 is 0 Å². The van der Waals surface area contributed by atoms with Gasteiger partial charge in [-0.15, -0.1) is 0 Å². The minimum absolute atomic E-state index is 0.0273. The van der Waals surface area contributed by atoms with Gasteiger partial charge < -0.3 is 5.32 Å². The summed E-state index contributed by atoms with van der Waals surface area (Å²) < 4.78 is 25.8. The zero-order valence-electron chi connectivity index (χ0n) is 18.3. The third-order valence-electron chi connectivity index (χ3n) is 5.48. The number of rotatable bonds is 8. The van der Waals surface area contributed by atoms with Crippen LogP contribution in [0.2, 0.25) is 0 Å². The van der Waals surface area contributed by atoms with Crippen molar-refractivity contribution < 1.29 is 13.2 Å². The van der Waals surface area contributed by atoms with Crippen molar-refractivity contribution in [2.45, 2.75) is 24.9 Å². The largest absolute Gasteiger partial charge is 0.348 e. The third-order valence-corrected chi connectivity index (χ3v) is 7.23. The number of carbonyl (C=O) groups excluding carboxylic acids is 1. The summed E-state index contributed by atoms with van der Waals surface area (Å²) in [7, 11) is -3.29. The van der Waals surface area contributed by atoms with E-state index in [9.17, 15) is 13.2 Å². The molecule has 7 heteroatoms. The van der Waals surface area contributed by atoms with Gasteiger partial charge in [-0.3, -0.25) is 9.48 Å². The van der Waals surface area contributed by atoms with Gasteiger partial charge in [0.25, 0.3) is 5.91 Å². The molecule has 4 aromatic rings. The highest BCUT2D eigenvalue weighted by molar-refractivity contribution is 7.91. The van der Waals surface area contributed by atoms with E-state index in [0.29, 0.717) is 18.7 Å². The first-order valence-electron chi connectivity index (χ1n) is 10.7. The third kappa shape index (κ3) is 5.38. The number of amides is 1. The second-order valence-electron chi connectivity index (χ2n) is 7.67. The second kappa shape index (κ2) is 9.83. The van der Waals surface area contributed by atoms with Crippen LogP contribution in [0.1, 0.15) is 28.4 Å². The molecule has 0 radical (unpaired) electrons. The minimum Gasteiger partial charge on any atom is -0.348 e. The fraction of sp³-hybridized carbons (Fsp3) is 0.154. The van der Waals surface area contributed by atoms with Crippen LogP contribution in [0.25, 0.3) is 11.1 Å². The van der Waals surface area contributed by atoms with E-state index in [4.69, 9.17) is 0 Å². The van der Waals surface area contributed by atoms with Crippen LogP contribution in [0.4, 0.5) is 0 Å². The number of hydrogen-bond donors (Lipinski definition) is 1. The van der Waals surface area contributed by atoms with Crippen LogP contribution in [0.5, 0.6) is 0 Å². The van der Waals surface area contributed by atoms with Crippen LogP contribution in [0.3, 0.4) is 0 Å². The zero-order chi connectivity index (χ0) is 23.3. The lowest BCUT2D eigenvalue weighted by molar-refractivity contribution is 0.0951. The fourth-order valence-electron chi connectivity index (χ4n) is 3.58. The molecular formula is C26H25N3O3S. The first-order valence-corrected chi connectivity index (χ1v) is 12.4. The summed E-state index contributed by atoms with van der Waals surface area (Å²) in [4.78, 5) is 12.8. The standard InChI is InChI=1S/C26H25N3O3S/c1-2-33(31,32)24-14-12-22(13-15-24)26(30)27-18-23-6-3-4-7-25(23)21-10-8-20(9-11-21)19-29-17-5-16-28-29/h3-17H,2,18-19H2,1H3,(H,27,30). The molecule has 1 heterocycles.